The van der Waals surface area contributed by atoms with Crippen LogP contribution in [-0.4, -0.2) is 62.1 Å². The fourth-order valence-corrected chi connectivity index (χ4v) is 4.30. The summed E-state index contributed by atoms with van der Waals surface area (Å²) < 4.78 is 1.67. The van der Waals surface area contributed by atoms with Gasteiger partial charge in [0.15, 0.2) is 5.82 Å². The molecule has 1 unspecified atom stereocenters. The highest BCUT2D eigenvalue weighted by atomic mass is 16.2. The molecule has 0 aromatic carbocycles. The van der Waals surface area contributed by atoms with Crippen LogP contribution in [0.5, 0.6) is 0 Å². The van der Waals surface area contributed by atoms with Gasteiger partial charge in [-0.25, -0.2) is 9.67 Å². The van der Waals surface area contributed by atoms with Gasteiger partial charge in [-0.15, -0.1) is 0 Å². The van der Waals surface area contributed by atoms with Crippen molar-refractivity contribution >= 4 is 11.8 Å². The summed E-state index contributed by atoms with van der Waals surface area (Å²) in [6, 6.07) is 5.58. The molecule has 2 amide bonds. The molecule has 0 N–H and O–H groups in total. The normalized spacial score (nSPS) is 23.1. The number of aromatic nitrogens is 3. The lowest BCUT2D eigenvalue weighted by atomic mass is 9.85. The fourth-order valence-electron chi connectivity index (χ4n) is 4.30. The Balaban J connectivity index is 1.68. The smallest absolute Gasteiger partial charge is 0.258 e. The molecule has 2 aromatic rings. The van der Waals surface area contributed by atoms with E-state index in [4.69, 9.17) is 0 Å². The van der Waals surface area contributed by atoms with Gasteiger partial charge in [0.05, 0.1) is 17.5 Å². The number of pyridine rings is 1. The maximum atomic E-state index is 13.3. The second kappa shape index (κ2) is 6.23. The first-order chi connectivity index (χ1) is 12.5. The van der Waals surface area contributed by atoms with Crippen LogP contribution in [-0.2, 0) is 4.79 Å². The molecule has 136 valence electrons. The van der Waals surface area contributed by atoms with E-state index >= 15 is 0 Å². The van der Waals surface area contributed by atoms with Crippen molar-refractivity contribution in [2.24, 2.45) is 0 Å². The summed E-state index contributed by atoms with van der Waals surface area (Å²) in [6.45, 7) is 3.25. The zero-order chi connectivity index (χ0) is 18.3. The monoisotopic (exact) mass is 353 g/mol. The highest BCUT2D eigenvalue weighted by Crippen LogP contribution is 2.39. The SMILES string of the molecule is Cc1c(C(=O)N2CCCC23CCCN(C)C3=O)cnn1-c1ccccn1. The largest absolute Gasteiger partial charge is 0.344 e. The van der Waals surface area contributed by atoms with E-state index in [1.807, 2.05) is 32.2 Å². The highest BCUT2D eigenvalue weighted by molar-refractivity contribution is 6.00. The molecule has 4 heterocycles. The fraction of sp³-hybridized carbons (Fsp3) is 0.474. The number of rotatable bonds is 2. The van der Waals surface area contributed by atoms with Crippen LogP contribution in [0.4, 0.5) is 0 Å². The van der Waals surface area contributed by atoms with Gasteiger partial charge in [-0.3, -0.25) is 9.59 Å². The van der Waals surface area contributed by atoms with E-state index in [9.17, 15) is 9.59 Å². The number of hydrogen-bond donors (Lipinski definition) is 0. The molecule has 2 aliphatic rings. The minimum absolute atomic E-state index is 0.0735. The first-order valence-corrected chi connectivity index (χ1v) is 9.08. The molecular weight excluding hydrogens is 330 g/mol. The van der Waals surface area contributed by atoms with E-state index in [0.29, 0.717) is 17.9 Å². The number of likely N-dealkylation sites (N-methyl/N-ethyl adjacent to an activating group) is 1. The van der Waals surface area contributed by atoms with Gasteiger partial charge in [-0.05, 0) is 44.7 Å². The Labute approximate surface area is 152 Å². The molecule has 26 heavy (non-hydrogen) atoms. The number of piperidine rings is 1. The average Bonchev–Trinajstić information content (AvgIpc) is 3.24. The Morgan fingerprint density at radius 2 is 1.96 bits per heavy atom. The Hall–Kier alpha value is -2.70. The van der Waals surface area contributed by atoms with Gasteiger partial charge in [0, 0.05) is 26.3 Å². The Morgan fingerprint density at radius 1 is 1.19 bits per heavy atom. The molecule has 0 aliphatic carbocycles. The van der Waals surface area contributed by atoms with Gasteiger partial charge in [0.2, 0.25) is 5.91 Å². The Kier molecular flexibility index (Phi) is 4.01. The van der Waals surface area contributed by atoms with Gasteiger partial charge in [0.1, 0.15) is 5.54 Å². The lowest BCUT2D eigenvalue weighted by Gasteiger charge is -2.43. The van der Waals surface area contributed by atoms with Crippen LogP contribution >= 0.6 is 0 Å². The molecule has 0 radical (unpaired) electrons. The van der Waals surface area contributed by atoms with Gasteiger partial charge in [-0.1, -0.05) is 6.07 Å². The molecule has 2 fully saturated rings. The van der Waals surface area contributed by atoms with E-state index in [2.05, 4.69) is 10.1 Å². The van der Waals surface area contributed by atoms with Crippen molar-refractivity contribution in [1.82, 2.24) is 24.6 Å². The van der Waals surface area contributed by atoms with E-state index in [0.717, 1.165) is 37.9 Å². The molecule has 0 saturated carbocycles. The van der Waals surface area contributed by atoms with Crippen molar-refractivity contribution < 1.29 is 9.59 Å². The maximum absolute atomic E-state index is 13.3. The van der Waals surface area contributed by atoms with Crippen molar-refractivity contribution in [2.45, 2.75) is 38.1 Å². The average molecular weight is 353 g/mol. The number of hydrogen-bond acceptors (Lipinski definition) is 4. The summed E-state index contributed by atoms with van der Waals surface area (Å²) in [5, 5.41) is 4.36. The van der Waals surface area contributed by atoms with Gasteiger partial charge in [-0.2, -0.15) is 5.10 Å². The summed E-state index contributed by atoms with van der Waals surface area (Å²) in [5.41, 5.74) is 0.606. The zero-order valence-electron chi connectivity index (χ0n) is 15.2. The van der Waals surface area contributed by atoms with E-state index in [1.165, 1.54) is 0 Å². The van der Waals surface area contributed by atoms with Crippen LogP contribution in [0.2, 0.25) is 0 Å². The molecular formula is C19H23N5O2. The van der Waals surface area contributed by atoms with E-state index in [1.54, 1.807) is 26.9 Å². The first kappa shape index (κ1) is 16.8. The standard InChI is InChI=1S/C19H23N5O2/c1-14-15(13-21-24(14)16-7-3-4-10-20-16)17(25)23-12-6-9-19(23)8-5-11-22(2)18(19)26/h3-4,7,10,13H,5-6,8-9,11-12H2,1-2H3. The lowest BCUT2D eigenvalue weighted by Crippen LogP contribution is -2.60. The molecule has 2 aliphatic heterocycles. The van der Waals surface area contributed by atoms with Gasteiger partial charge in [0.25, 0.3) is 5.91 Å². The van der Waals surface area contributed by atoms with Crippen LogP contribution in [0.1, 0.15) is 41.7 Å². The van der Waals surface area contributed by atoms with Crippen molar-refractivity contribution in [2.75, 3.05) is 20.1 Å². The van der Waals surface area contributed by atoms with Crippen molar-refractivity contribution in [3.05, 3.63) is 41.9 Å². The zero-order valence-corrected chi connectivity index (χ0v) is 15.2. The third-order valence-corrected chi connectivity index (χ3v) is 5.67. The number of amides is 2. The topological polar surface area (TPSA) is 71.3 Å². The molecule has 4 rings (SSSR count). The predicted molar refractivity (Wildman–Crippen MR) is 96.0 cm³/mol. The number of likely N-dealkylation sites (tertiary alicyclic amines) is 2. The maximum Gasteiger partial charge on any atom is 0.258 e. The van der Waals surface area contributed by atoms with Crippen molar-refractivity contribution in [1.29, 1.82) is 0 Å². The summed E-state index contributed by atoms with van der Waals surface area (Å²) in [4.78, 5) is 34.1. The van der Waals surface area contributed by atoms with Crippen LogP contribution in [0.3, 0.4) is 0 Å². The molecule has 7 heteroatoms. The second-order valence-electron chi connectivity index (χ2n) is 7.17. The van der Waals surface area contributed by atoms with Crippen LogP contribution in [0.15, 0.2) is 30.6 Å². The molecule has 2 aromatic heterocycles. The first-order valence-electron chi connectivity index (χ1n) is 9.08. The third-order valence-electron chi connectivity index (χ3n) is 5.67. The Bertz CT molecular complexity index is 847. The van der Waals surface area contributed by atoms with Gasteiger partial charge >= 0.3 is 0 Å². The number of nitrogens with zero attached hydrogens (tertiary/aromatic N) is 5. The number of carbonyl (C=O) groups excluding carboxylic acids is 2. The molecule has 1 atom stereocenters. The third kappa shape index (κ3) is 2.41. The van der Waals surface area contributed by atoms with Crippen LogP contribution in [0, 0.1) is 6.92 Å². The van der Waals surface area contributed by atoms with Crippen molar-refractivity contribution in [3.63, 3.8) is 0 Å². The molecule has 7 nitrogen and oxygen atoms in total. The summed E-state index contributed by atoms with van der Waals surface area (Å²) >= 11 is 0. The summed E-state index contributed by atoms with van der Waals surface area (Å²) in [7, 11) is 1.83. The summed E-state index contributed by atoms with van der Waals surface area (Å²) in [6.07, 6.45) is 6.57. The predicted octanol–water partition coefficient (Wildman–Crippen LogP) is 1.80. The quantitative estimate of drug-likeness (QED) is 0.825. The van der Waals surface area contributed by atoms with E-state index < -0.39 is 5.54 Å². The molecule has 2 saturated heterocycles. The van der Waals surface area contributed by atoms with E-state index in [-0.39, 0.29) is 11.8 Å². The minimum atomic E-state index is -0.677. The minimum Gasteiger partial charge on any atom is -0.344 e. The second-order valence-corrected chi connectivity index (χ2v) is 7.17. The van der Waals surface area contributed by atoms with Crippen LogP contribution < -0.4 is 0 Å². The van der Waals surface area contributed by atoms with Gasteiger partial charge < -0.3 is 9.80 Å². The molecule has 0 bridgehead atoms. The summed E-state index contributed by atoms with van der Waals surface area (Å²) in [5.74, 6) is 0.642. The number of carbonyl (C=O) groups is 2. The van der Waals surface area contributed by atoms with Crippen molar-refractivity contribution in [3.8, 4) is 5.82 Å². The highest BCUT2D eigenvalue weighted by Gasteiger charge is 2.52. The lowest BCUT2D eigenvalue weighted by molar-refractivity contribution is -0.144. The Morgan fingerprint density at radius 3 is 2.69 bits per heavy atom. The van der Waals surface area contributed by atoms with Crippen LogP contribution in [0.25, 0.3) is 5.82 Å². The molecule has 1 spiro atoms.